The second kappa shape index (κ2) is 24.2. The van der Waals surface area contributed by atoms with Crippen molar-refractivity contribution in [2.24, 2.45) is 0 Å². The second-order valence-electron chi connectivity index (χ2n) is 27.4. The van der Waals surface area contributed by atoms with Crippen LogP contribution in [-0.4, -0.2) is 0 Å². The number of unbranched alkanes of at least 4 members (excludes halogenated alkanes) is 10. The molecule has 2 heteroatoms. The van der Waals surface area contributed by atoms with Crippen LogP contribution in [0.5, 0.6) is 0 Å². The summed E-state index contributed by atoms with van der Waals surface area (Å²) in [6.45, 7) is 46.7. The maximum atomic E-state index is 3.84. The summed E-state index contributed by atoms with van der Waals surface area (Å²) in [6.07, 6.45) is 17.7. The van der Waals surface area contributed by atoms with E-state index in [1.807, 2.05) is 22.7 Å². The normalized spacial score (nSPS) is 12.7. The van der Waals surface area contributed by atoms with Crippen LogP contribution in [0.25, 0.3) is 20.9 Å². The van der Waals surface area contributed by atoms with Crippen LogP contribution in [-0.2, 0) is 45.3 Å². The molecule has 0 saturated carbocycles. The Kier molecular flexibility index (Phi) is 19.9. The number of aryl methyl sites for hydroxylation is 2. The van der Waals surface area contributed by atoms with Crippen molar-refractivity contribution in [2.45, 2.75) is 261 Å². The molecule has 0 atom stereocenters. The first-order chi connectivity index (χ1) is 33.4. The van der Waals surface area contributed by atoms with E-state index in [0.717, 1.165) is 22.6 Å². The van der Waals surface area contributed by atoms with Crippen LogP contribution in [0, 0.1) is 23.7 Å². The molecule has 0 aliphatic carbocycles. The second-order valence-corrected chi connectivity index (χ2v) is 29.5. The van der Waals surface area contributed by atoms with E-state index in [0.29, 0.717) is 0 Å². The van der Waals surface area contributed by atoms with E-state index >= 15 is 0 Å². The highest BCUT2D eigenvalue weighted by Gasteiger charge is 2.30. The fraction of sp³-hybridized carbons (Fsp3) is 0.571. The lowest BCUT2D eigenvalue weighted by atomic mass is 9.72. The Balaban J connectivity index is 1.61. The lowest BCUT2D eigenvalue weighted by Gasteiger charge is -2.32. The van der Waals surface area contributed by atoms with E-state index < -0.39 is 0 Å². The van der Waals surface area contributed by atoms with E-state index in [4.69, 9.17) is 0 Å². The van der Waals surface area contributed by atoms with Gasteiger partial charge in [-0.15, -0.1) is 22.7 Å². The third kappa shape index (κ3) is 16.1. The molecule has 0 N–H and O–H groups in total. The van der Waals surface area contributed by atoms with Gasteiger partial charge in [-0.25, -0.2) is 0 Å². The topological polar surface area (TPSA) is 0 Å². The molecule has 2 aromatic heterocycles. The fourth-order valence-electron chi connectivity index (χ4n) is 9.84. The van der Waals surface area contributed by atoms with Crippen molar-refractivity contribution < 1.29 is 0 Å². The Morgan fingerprint density at radius 1 is 0.333 bits per heavy atom. The first kappa shape index (κ1) is 59.1. The van der Waals surface area contributed by atoms with Gasteiger partial charge in [-0.2, -0.15) is 0 Å². The Labute approximate surface area is 451 Å². The number of rotatable bonds is 16. The van der Waals surface area contributed by atoms with Crippen LogP contribution in [0.3, 0.4) is 0 Å². The summed E-state index contributed by atoms with van der Waals surface area (Å²) in [5.41, 5.74) is 16.0. The molecule has 3 aromatic carbocycles. The zero-order valence-electron chi connectivity index (χ0n) is 49.5. The van der Waals surface area contributed by atoms with E-state index in [-0.39, 0.29) is 32.5 Å². The largest absolute Gasteiger partial charge is 0.126 e. The summed E-state index contributed by atoms with van der Waals surface area (Å²) in [5.74, 6) is 15.3. The number of thiophene rings is 2. The minimum Gasteiger partial charge on any atom is -0.126 e. The molecular weight excluding hydrogens is 905 g/mol. The lowest BCUT2D eigenvalue weighted by molar-refractivity contribution is 0.545. The highest BCUT2D eigenvalue weighted by Crippen LogP contribution is 2.42. The highest BCUT2D eigenvalue weighted by molar-refractivity contribution is 7.16. The maximum Gasteiger partial charge on any atom is 0.0781 e. The standard InChI is InChI=1S/C70H98S2/c1-21-23-25-27-29-31-33-51-43-55(39-41-57-59(67(9,10)11)45-53(65(3,4)5)46-60(57)68(12,13)14)71-63(51)49-35-37-50(38-36-49)64-52(34-32-30-28-26-24-22-2)44-56(72-64)40-42-58-61(69(15,16)17)47-54(66(6,7)8)48-62(58)70(18,19)20/h35-38,43-48H,21-34H2,1-20H3. The maximum absolute atomic E-state index is 3.84. The van der Waals surface area contributed by atoms with Gasteiger partial charge in [0.05, 0.1) is 9.75 Å². The number of hydrogen-bond donors (Lipinski definition) is 0. The Morgan fingerprint density at radius 2 is 0.611 bits per heavy atom. The smallest absolute Gasteiger partial charge is 0.0781 e. The predicted octanol–water partition coefficient (Wildman–Crippen LogP) is 21.5. The fourth-order valence-corrected chi connectivity index (χ4v) is 12.0. The van der Waals surface area contributed by atoms with Crippen LogP contribution >= 0.6 is 22.7 Å². The average molecular weight is 1000 g/mol. The summed E-state index contributed by atoms with van der Waals surface area (Å²) in [6, 6.07) is 24.2. The molecule has 0 unspecified atom stereocenters. The number of hydrogen-bond acceptors (Lipinski definition) is 2. The Morgan fingerprint density at radius 3 is 0.875 bits per heavy atom. The zero-order chi connectivity index (χ0) is 53.5. The molecule has 0 fully saturated rings. The lowest BCUT2D eigenvalue weighted by Crippen LogP contribution is -2.23. The molecule has 2 heterocycles. The minimum atomic E-state index is -0.0368. The molecule has 0 spiro atoms. The summed E-state index contributed by atoms with van der Waals surface area (Å²) < 4.78 is 0. The molecule has 390 valence electrons. The Hall–Kier alpha value is -3.82. The van der Waals surface area contributed by atoms with Gasteiger partial charge in [0.1, 0.15) is 0 Å². The summed E-state index contributed by atoms with van der Waals surface area (Å²) in [7, 11) is 0. The third-order valence-corrected chi connectivity index (χ3v) is 16.8. The third-order valence-electron chi connectivity index (χ3n) is 14.5. The SMILES string of the molecule is CCCCCCCCc1cc(C#Cc2c(C(C)(C)C)cc(C(C)(C)C)cc2C(C)(C)C)sc1-c1ccc(-c2sc(C#Cc3c(C(C)(C)C)cc(C(C)(C)C)cc3C(C)(C)C)cc2CCCCCCCC)cc1. The van der Waals surface area contributed by atoms with Crippen molar-refractivity contribution in [3.63, 3.8) is 0 Å². The highest BCUT2D eigenvalue weighted by atomic mass is 32.1. The molecule has 0 aliphatic rings. The van der Waals surface area contributed by atoms with Crippen LogP contribution in [0.15, 0.2) is 60.7 Å². The molecule has 0 bridgehead atoms. The first-order valence-electron chi connectivity index (χ1n) is 28.2. The molecule has 0 radical (unpaired) electrons. The first-order valence-corrected chi connectivity index (χ1v) is 29.9. The summed E-state index contributed by atoms with van der Waals surface area (Å²) >= 11 is 3.78. The van der Waals surface area contributed by atoms with Crippen molar-refractivity contribution in [3.05, 3.63) is 126 Å². The Bertz CT molecular complexity index is 2430. The zero-order valence-corrected chi connectivity index (χ0v) is 51.1. The van der Waals surface area contributed by atoms with Crippen molar-refractivity contribution >= 4 is 22.7 Å². The van der Waals surface area contributed by atoms with Gasteiger partial charge in [-0.3, -0.25) is 0 Å². The molecular formula is C70H98S2. The van der Waals surface area contributed by atoms with Crippen LogP contribution in [0.4, 0.5) is 0 Å². The number of benzene rings is 3. The van der Waals surface area contributed by atoms with Gasteiger partial charge in [0.15, 0.2) is 0 Å². The average Bonchev–Trinajstić information content (AvgIpc) is 3.88. The molecule has 72 heavy (non-hydrogen) atoms. The monoisotopic (exact) mass is 1000 g/mol. The molecule has 5 aromatic rings. The van der Waals surface area contributed by atoms with Crippen LogP contribution < -0.4 is 0 Å². The van der Waals surface area contributed by atoms with Gasteiger partial charge in [-0.05, 0) is 126 Å². The van der Waals surface area contributed by atoms with E-state index in [1.165, 1.54) is 154 Å². The molecule has 0 nitrogen and oxygen atoms in total. The van der Waals surface area contributed by atoms with Crippen molar-refractivity contribution in [1.29, 1.82) is 0 Å². The van der Waals surface area contributed by atoms with Gasteiger partial charge >= 0.3 is 0 Å². The van der Waals surface area contributed by atoms with Gasteiger partial charge < -0.3 is 0 Å². The predicted molar refractivity (Wildman–Crippen MR) is 324 cm³/mol. The van der Waals surface area contributed by atoms with Gasteiger partial charge in [0.2, 0.25) is 0 Å². The van der Waals surface area contributed by atoms with Crippen molar-refractivity contribution in [1.82, 2.24) is 0 Å². The minimum absolute atomic E-state index is 0.0368. The molecule has 0 aliphatic heterocycles. The molecule has 0 amide bonds. The van der Waals surface area contributed by atoms with E-state index in [1.54, 1.807) is 0 Å². The molecule has 5 rings (SSSR count). The van der Waals surface area contributed by atoms with Crippen LogP contribution in [0.1, 0.15) is 281 Å². The van der Waals surface area contributed by atoms with E-state index in [9.17, 15) is 0 Å². The quantitative estimate of drug-likeness (QED) is 0.0683. The van der Waals surface area contributed by atoms with Crippen molar-refractivity contribution in [3.8, 4) is 44.6 Å². The molecule has 0 saturated heterocycles. The van der Waals surface area contributed by atoms with Gasteiger partial charge in [0, 0.05) is 20.9 Å². The summed E-state index contributed by atoms with van der Waals surface area (Å²) in [4.78, 5) is 5.08. The van der Waals surface area contributed by atoms with E-state index in [2.05, 4.69) is 223 Å². The van der Waals surface area contributed by atoms with Crippen LogP contribution in [0.2, 0.25) is 0 Å². The summed E-state index contributed by atoms with van der Waals surface area (Å²) in [5, 5.41) is 0. The van der Waals surface area contributed by atoms with Crippen molar-refractivity contribution in [2.75, 3.05) is 0 Å². The van der Waals surface area contributed by atoms with Gasteiger partial charge in [-0.1, -0.05) is 275 Å². The van der Waals surface area contributed by atoms with Gasteiger partial charge in [0.25, 0.3) is 0 Å².